The number of thioether (sulfide) groups is 1. The Labute approximate surface area is 157 Å². The summed E-state index contributed by atoms with van der Waals surface area (Å²) in [5.74, 6) is -0.0434. The number of rotatable bonds is 4. The number of hydrogen-bond acceptors (Lipinski definition) is 6. The molecule has 1 aliphatic rings. The Kier molecular flexibility index (Phi) is 4.52. The molecule has 0 radical (unpaired) electrons. The highest BCUT2D eigenvalue weighted by atomic mass is 32.2. The Bertz CT molecular complexity index is 969. The van der Waals surface area contributed by atoms with Gasteiger partial charge in [-0.15, -0.1) is 17.9 Å². The monoisotopic (exact) mass is 383 g/mol. The number of carbonyl (C=O) groups excluding carboxylic acids is 1. The van der Waals surface area contributed by atoms with Crippen LogP contribution in [0.1, 0.15) is 4.88 Å². The summed E-state index contributed by atoms with van der Waals surface area (Å²) in [7, 11) is 0. The van der Waals surface area contributed by atoms with Crippen molar-refractivity contribution in [2.45, 2.75) is 0 Å². The molecule has 3 heterocycles. The molecule has 25 heavy (non-hydrogen) atoms. The first-order valence-electron chi connectivity index (χ1n) is 7.54. The Morgan fingerprint density at radius 1 is 1.24 bits per heavy atom. The molecule has 4 nitrogen and oxygen atoms in total. The lowest BCUT2D eigenvalue weighted by molar-refractivity contribution is -0.121. The number of nitrogens with zero attached hydrogens (tertiary/aromatic N) is 3. The molecule has 0 bridgehead atoms. The molecular formula is C18H13N3OS3. The molecule has 1 fully saturated rings. The molecule has 0 atom stereocenters. The van der Waals surface area contributed by atoms with E-state index in [1.807, 2.05) is 47.9 Å². The summed E-state index contributed by atoms with van der Waals surface area (Å²) in [6, 6.07) is 11.9. The van der Waals surface area contributed by atoms with Gasteiger partial charge in [0.25, 0.3) is 5.91 Å². The molecule has 0 aliphatic carbocycles. The molecule has 4 rings (SSSR count). The number of aromatic nitrogens is 1. The van der Waals surface area contributed by atoms with Crippen LogP contribution in [0.4, 0.5) is 5.13 Å². The van der Waals surface area contributed by atoms with Crippen molar-refractivity contribution in [1.29, 1.82) is 0 Å². The molecule has 1 saturated heterocycles. The Morgan fingerprint density at radius 3 is 2.88 bits per heavy atom. The average molecular weight is 384 g/mol. The van der Waals surface area contributed by atoms with Crippen LogP contribution in [0.3, 0.4) is 0 Å². The quantitative estimate of drug-likeness (QED) is 0.462. The van der Waals surface area contributed by atoms with E-state index in [4.69, 9.17) is 0 Å². The number of benzene rings is 1. The number of fused-ring (bicyclic) bond motifs is 1. The van der Waals surface area contributed by atoms with Crippen LogP contribution in [-0.2, 0) is 4.79 Å². The molecule has 1 amide bonds. The number of aliphatic imine (C=N–C) groups is 1. The minimum atomic E-state index is -0.0434. The maximum absolute atomic E-state index is 12.7. The van der Waals surface area contributed by atoms with Crippen LogP contribution in [-0.4, -0.2) is 27.5 Å². The molecule has 124 valence electrons. The normalized spacial score (nSPS) is 17.9. The second-order valence-electron chi connectivity index (χ2n) is 5.19. The number of thiazole rings is 1. The number of carbonyl (C=O) groups is 1. The van der Waals surface area contributed by atoms with Gasteiger partial charge in [0.2, 0.25) is 5.13 Å². The van der Waals surface area contributed by atoms with Crippen molar-refractivity contribution < 1.29 is 4.79 Å². The van der Waals surface area contributed by atoms with Crippen molar-refractivity contribution in [2.75, 3.05) is 6.54 Å². The van der Waals surface area contributed by atoms with Crippen molar-refractivity contribution in [1.82, 2.24) is 9.88 Å². The SMILES string of the molecule is C=CCN1C(=O)/C(=C\c2cccs2)S/C1=N/c1nc2ccccc2s1. The maximum Gasteiger partial charge on any atom is 0.267 e. The van der Waals surface area contributed by atoms with Crippen LogP contribution in [0.25, 0.3) is 16.3 Å². The van der Waals surface area contributed by atoms with Gasteiger partial charge >= 0.3 is 0 Å². The van der Waals surface area contributed by atoms with Gasteiger partial charge in [-0.25, -0.2) is 4.98 Å². The fourth-order valence-electron chi connectivity index (χ4n) is 2.37. The lowest BCUT2D eigenvalue weighted by Gasteiger charge is -2.11. The Morgan fingerprint density at radius 2 is 2.12 bits per heavy atom. The van der Waals surface area contributed by atoms with Crippen LogP contribution in [0, 0.1) is 0 Å². The van der Waals surface area contributed by atoms with E-state index in [0.29, 0.717) is 21.7 Å². The highest BCUT2D eigenvalue weighted by Crippen LogP contribution is 2.36. The van der Waals surface area contributed by atoms with Gasteiger partial charge in [-0.3, -0.25) is 9.69 Å². The summed E-state index contributed by atoms with van der Waals surface area (Å²) in [5, 5.41) is 3.29. The summed E-state index contributed by atoms with van der Waals surface area (Å²) < 4.78 is 1.08. The van der Waals surface area contributed by atoms with E-state index in [0.717, 1.165) is 15.1 Å². The minimum Gasteiger partial charge on any atom is -0.282 e. The summed E-state index contributed by atoms with van der Waals surface area (Å²) in [6.07, 6.45) is 3.62. The Balaban J connectivity index is 1.71. The van der Waals surface area contributed by atoms with Crippen LogP contribution >= 0.6 is 34.4 Å². The molecule has 2 aromatic heterocycles. The van der Waals surface area contributed by atoms with Gasteiger partial charge in [0, 0.05) is 11.4 Å². The molecular weight excluding hydrogens is 370 g/mol. The van der Waals surface area contributed by atoms with E-state index in [2.05, 4.69) is 16.6 Å². The van der Waals surface area contributed by atoms with Gasteiger partial charge in [0.1, 0.15) is 0 Å². The summed E-state index contributed by atoms with van der Waals surface area (Å²) in [5.41, 5.74) is 0.922. The van der Waals surface area contributed by atoms with Crippen molar-refractivity contribution in [3.05, 3.63) is 64.2 Å². The zero-order chi connectivity index (χ0) is 17.2. The lowest BCUT2D eigenvalue weighted by atomic mass is 10.3. The van der Waals surface area contributed by atoms with E-state index in [1.165, 1.54) is 23.1 Å². The van der Waals surface area contributed by atoms with E-state index < -0.39 is 0 Å². The van der Waals surface area contributed by atoms with Gasteiger partial charge in [0.05, 0.1) is 15.1 Å². The minimum absolute atomic E-state index is 0.0434. The second kappa shape index (κ2) is 6.95. The number of thiophene rings is 1. The van der Waals surface area contributed by atoms with Crippen LogP contribution in [0.2, 0.25) is 0 Å². The predicted molar refractivity (Wildman–Crippen MR) is 109 cm³/mol. The van der Waals surface area contributed by atoms with Gasteiger partial charge in [-0.2, -0.15) is 4.99 Å². The lowest BCUT2D eigenvalue weighted by Crippen LogP contribution is -2.29. The van der Waals surface area contributed by atoms with Gasteiger partial charge in [0.15, 0.2) is 5.17 Å². The van der Waals surface area contributed by atoms with E-state index >= 15 is 0 Å². The highest BCUT2D eigenvalue weighted by Gasteiger charge is 2.33. The standard InChI is InChI=1S/C18H13N3OS3/c1-2-9-21-16(22)15(11-12-6-5-10-23-12)25-18(21)20-17-19-13-7-3-4-8-14(13)24-17/h2-8,10-11H,1,9H2/b15-11+,20-18+. The summed E-state index contributed by atoms with van der Waals surface area (Å²) in [4.78, 5) is 25.2. The van der Waals surface area contributed by atoms with E-state index in [9.17, 15) is 4.79 Å². The molecule has 7 heteroatoms. The largest absolute Gasteiger partial charge is 0.282 e. The number of para-hydroxylation sites is 1. The third-order valence-corrected chi connectivity index (χ3v) is 6.25. The summed E-state index contributed by atoms with van der Waals surface area (Å²) in [6.45, 7) is 4.17. The van der Waals surface area contributed by atoms with Crippen molar-refractivity contribution in [3.8, 4) is 0 Å². The number of amidine groups is 1. The van der Waals surface area contributed by atoms with Crippen molar-refractivity contribution in [3.63, 3.8) is 0 Å². The third-order valence-electron chi connectivity index (χ3n) is 3.49. The topological polar surface area (TPSA) is 45.6 Å². The number of amides is 1. The average Bonchev–Trinajstić information content (AvgIpc) is 3.31. The van der Waals surface area contributed by atoms with Gasteiger partial charge in [-0.05, 0) is 41.4 Å². The van der Waals surface area contributed by atoms with E-state index in [-0.39, 0.29) is 5.91 Å². The third kappa shape index (κ3) is 3.30. The summed E-state index contributed by atoms with van der Waals surface area (Å²) >= 11 is 4.51. The van der Waals surface area contributed by atoms with Crippen molar-refractivity contribution in [2.24, 2.45) is 4.99 Å². The van der Waals surface area contributed by atoms with Crippen LogP contribution in [0.15, 0.2) is 64.3 Å². The second-order valence-corrected chi connectivity index (χ2v) is 8.19. The molecule has 0 spiro atoms. The molecule has 1 aliphatic heterocycles. The predicted octanol–water partition coefficient (Wildman–Crippen LogP) is 5.15. The molecule has 0 unspecified atom stereocenters. The molecule has 1 aromatic carbocycles. The fraction of sp³-hybridized carbons (Fsp3) is 0.0556. The maximum atomic E-state index is 12.7. The fourth-order valence-corrected chi connectivity index (χ4v) is 4.98. The molecule has 0 N–H and O–H groups in total. The first kappa shape index (κ1) is 16.3. The van der Waals surface area contributed by atoms with Crippen molar-refractivity contribution >= 4 is 66.9 Å². The zero-order valence-electron chi connectivity index (χ0n) is 13.1. The zero-order valence-corrected chi connectivity index (χ0v) is 15.5. The highest BCUT2D eigenvalue weighted by molar-refractivity contribution is 8.18. The first-order valence-corrected chi connectivity index (χ1v) is 10.1. The van der Waals surface area contributed by atoms with Crippen LogP contribution < -0.4 is 0 Å². The molecule has 0 saturated carbocycles. The van der Waals surface area contributed by atoms with Gasteiger partial charge < -0.3 is 0 Å². The molecule has 3 aromatic rings. The smallest absolute Gasteiger partial charge is 0.267 e. The first-order chi connectivity index (χ1) is 12.2. The Hall–Kier alpha value is -2.22. The number of hydrogen-bond donors (Lipinski definition) is 0. The van der Waals surface area contributed by atoms with Crippen LogP contribution in [0.5, 0.6) is 0 Å². The van der Waals surface area contributed by atoms with E-state index in [1.54, 1.807) is 22.3 Å². The van der Waals surface area contributed by atoms with Gasteiger partial charge in [-0.1, -0.05) is 35.6 Å².